The standard InChI is InChI=1S/C51H34/c1-4-18-34(19-5-1)39-25-12-13-27-41(39)49-42-28-14-16-30-44(42)50(45-31-17-15-29-43(45)49)51-46(35-20-6-2-7-21-35)33-38-32-37-24-10-11-26-40(37)47(38)48(51)36-22-8-3-9-23-36/h1-31,33H,32H2. The van der Waals surface area contributed by atoms with E-state index >= 15 is 0 Å². The maximum absolute atomic E-state index is 2.49. The van der Waals surface area contributed by atoms with Gasteiger partial charge >= 0.3 is 0 Å². The van der Waals surface area contributed by atoms with Crippen LogP contribution in [0.25, 0.3) is 88.3 Å². The van der Waals surface area contributed by atoms with Crippen LogP contribution in [0.3, 0.4) is 0 Å². The molecule has 0 spiro atoms. The van der Waals surface area contributed by atoms with Gasteiger partial charge in [0, 0.05) is 0 Å². The van der Waals surface area contributed by atoms with Crippen LogP contribution in [0.1, 0.15) is 11.1 Å². The van der Waals surface area contributed by atoms with Crippen LogP contribution in [-0.4, -0.2) is 0 Å². The first kappa shape index (κ1) is 29.4. The molecule has 0 saturated heterocycles. The van der Waals surface area contributed by atoms with Gasteiger partial charge in [0.25, 0.3) is 0 Å². The van der Waals surface area contributed by atoms with Crippen LogP contribution >= 0.6 is 0 Å². The second kappa shape index (κ2) is 12.1. The third-order valence-corrected chi connectivity index (χ3v) is 10.7. The predicted molar refractivity (Wildman–Crippen MR) is 217 cm³/mol. The summed E-state index contributed by atoms with van der Waals surface area (Å²) in [5, 5.41) is 5.03. The van der Waals surface area contributed by atoms with Crippen LogP contribution in [-0.2, 0) is 6.42 Å². The highest BCUT2D eigenvalue weighted by atomic mass is 14.3. The van der Waals surface area contributed by atoms with Crippen LogP contribution in [0.4, 0.5) is 0 Å². The van der Waals surface area contributed by atoms with Gasteiger partial charge in [0.05, 0.1) is 0 Å². The molecule has 0 heteroatoms. The molecular weight excluding hydrogens is 613 g/mol. The van der Waals surface area contributed by atoms with Crippen molar-refractivity contribution in [3.8, 4) is 66.8 Å². The molecule has 0 saturated carbocycles. The highest BCUT2D eigenvalue weighted by Gasteiger charge is 2.30. The first-order valence-electron chi connectivity index (χ1n) is 17.8. The fourth-order valence-corrected chi connectivity index (χ4v) is 8.57. The Labute approximate surface area is 298 Å². The van der Waals surface area contributed by atoms with Crippen molar-refractivity contribution in [2.75, 3.05) is 0 Å². The molecule has 0 N–H and O–H groups in total. The lowest BCUT2D eigenvalue weighted by Gasteiger charge is -2.25. The van der Waals surface area contributed by atoms with E-state index < -0.39 is 0 Å². The summed E-state index contributed by atoms with van der Waals surface area (Å²) in [7, 11) is 0. The Morgan fingerprint density at radius 3 is 1.25 bits per heavy atom. The van der Waals surface area contributed by atoms with E-state index in [1.807, 2.05) is 0 Å². The molecule has 0 atom stereocenters. The minimum Gasteiger partial charge on any atom is -0.0622 e. The number of fused-ring (bicyclic) bond motifs is 5. The summed E-state index contributed by atoms with van der Waals surface area (Å²) in [6.07, 6.45) is 0.933. The summed E-state index contributed by atoms with van der Waals surface area (Å²) in [4.78, 5) is 0. The predicted octanol–water partition coefficient (Wildman–Crippen LogP) is 13.9. The van der Waals surface area contributed by atoms with Gasteiger partial charge in [0.1, 0.15) is 0 Å². The van der Waals surface area contributed by atoms with E-state index in [2.05, 4.69) is 194 Å². The molecule has 0 nitrogen and oxygen atoms in total. The fraction of sp³-hybridized carbons (Fsp3) is 0.0196. The van der Waals surface area contributed by atoms with Crippen molar-refractivity contribution in [3.05, 3.63) is 205 Å². The molecule has 1 aliphatic rings. The number of hydrogen-bond donors (Lipinski definition) is 0. The van der Waals surface area contributed by atoms with Crippen molar-refractivity contribution in [3.63, 3.8) is 0 Å². The van der Waals surface area contributed by atoms with E-state index in [1.54, 1.807) is 0 Å². The van der Waals surface area contributed by atoms with E-state index in [0.717, 1.165) is 6.42 Å². The van der Waals surface area contributed by atoms with Crippen molar-refractivity contribution in [1.82, 2.24) is 0 Å². The van der Waals surface area contributed by atoms with E-state index in [-0.39, 0.29) is 0 Å². The quantitative estimate of drug-likeness (QED) is 0.163. The highest BCUT2D eigenvalue weighted by Crippen LogP contribution is 2.55. The van der Waals surface area contributed by atoms with Crippen LogP contribution in [0.15, 0.2) is 194 Å². The average Bonchev–Trinajstić information content (AvgIpc) is 3.58. The van der Waals surface area contributed by atoms with Gasteiger partial charge in [-0.25, -0.2) is 0 Å². The van der Waals surface area contributed by atoms with Crippen LogP contribution in [0.5, 0.6) is 0 Å². The molecule has 0 radical (unpaired) electrons. The molecule has 9 aromatic carbocycles. The first-order chi connectivity index (χ1) is 25.3. The Balaban J connectivity index is 1.41. The van der Waals surface area contributed by atoms with Gasteiger partial charge in [-0.05, 0) is 112 Å². The Morgan fingerprint density at radius 2 is 0.667 bits per heavy atom. The first-order valence-corrected chi connectivity index (χ1v) is 17.8. The summed E-state index contributed by atoms with van der Waals surface area (Å²) < 4.78 is 0. The van der Waals surface area contributed by atoms with Gasteiger partial charge in [-0.3, -0.25) is 0 Å². The molecule has 0 fully saturated rings. The minimum atomic E-state index is 0.933. The van der Waals surface area contributed by atoms with Crippen LogP contribution in [0.2, 0.25) is 0 Å². The summed E-state index contributed by atoms with van der Waals surface area (Å²) in [6, 6.07) is 71.4. The zero-order chi connectivity index (χ0) is 33.7. The highest BCUT2D eigenvalue weighted by molar-refractivity contribution is 6.25. The second-order valence-corrected chi connectivity index (χ2v) is 13.5. The smallest absolute Gasteiger partial charge is 0.000787 e. The molecule has 10 rings (SSSR count). The topological polar surface area (TPSA) is 0 Å². The van der Waals surface area contributed by atoms with Crippen molar-refractivity contribution in [1.29, 1.82) is 0 Å². The minimum absolute atomic E-state index is 0.933. The van der Waals surface area contributed by atoms with Crippen molar-refractivity contribution < 1.29 is 0 Å². The number of rotatable bonds is 5. The Hall–Kier alpha value is -6.50. The summed E-state index contributed by atoms with van der Waals surface area (Å²) in [5.41, 5.74) is 18.1. The third kappa shape index (κ3) is 4.76. The zero-order valence-electron chi connectivity index (χ0n) is 28.2. The Morgan fingerprint density at radius 1 is 0.235 bits per heavy atom. The Bertz CT molecular complexity index is 2680. The molecule has 0 amide bonds. The van der Waals surface area contributed by atoms with E-state index in [4.69, 9.17) is 0 Å². The largest absolute Gasteiger partial charge is 0.0622 e. The maximum atomic E-state index is 2.49. The van der Waals surface area contributed by atoms with Crippen molar-refractivity contribution >= 4 is 21.5 Å². The van der Waals surface area contributed by atoms with Gasteiger partial charge in [-0.15, -0.1) is 0 Å². The summed E-state index contributed by atoms with van der Waals surface area (Å²) in [6.45, 7) is 0. The molecular formula is C51H34. The van der Waals surface area contributed by atoms with Gasteiger partial charge in [0.2, 0.25) is 0 Å². The fourth-order valence-electron chi connectivity index (χ4n) is 8.57. The lowest BCUT2D eigenvalue weighted by atomic mass is 9.77. The molecule has 1 aliphatic carbocycles. The molecule has 0 heterocycles. The van der Waals surface area contributed by atoms with E-state index in [9.17, 15) is 0 Å². The number of benzene rings is 9. The van der Waals surface area contributed by atoms with Crippen LogP contribution in [0, 0.1) is 0 Å². The summed E-state index contributed by atoms with van der Waals surface area (Å²) in [5.74, 6) is 0. The zero-order valence-corrected chi connectivity index (χ0v) is 28.2. The lowest BCUT2D eigenvalue weighted by molar-refractivity contribution is 1.26. The molecule has 9 aromatic rings. The van der Waals surface area contributed by atoms with Crippen LogP contribution < -0.4 is 0 Å². The third-order valence-electron chi connectivity index (χ3n) is 10.7. The summed E-state index contributed by atoms with van der Waals surface area (Å²) >= 11 is 0. The molecule has 0 aromatic heterocycles. The number of hydrogen-bond acceptors (Lipinski definition) is 0. The molecule has 51 heavy (non-hydrogen) atoms. The molecule has 0 aliphatic heterocycles. The molecule has 0 bridgehead atoms. The Kier molecular flexibility index (Phi) is 6.99. The van der Waals surface area contributed by atoms with E-state index in [0.29, 0.717) is 0 Å². The second-order valence-electron chi connectivity index (χ2n) is 13.5. The van der Waals surface area contributed by atoms with Gasteiger partial charge in [-0.1, -0.05) is 188 Å². The SMILES string of the molecule is c1ccc(-c2ccccc2-c2c3ccccc3c(-c3c(-c4ccccc4)cc4c(c3-c3ccccc3)-c3ccccc3C4)c3ccccc23)cc1. The van der Waals surface area contributed by atoms with Crippen molar-refractivity contribution in [2.45, 2.75) is 6.42 Å². The molecule has 238 valence electrons. The lowest BCUT2D eigenvalue weighted by Crippen LogP contribution is -1.99. The van der Waals surface area contributed by atoms with Gasteiger partial charge < -0.3 is 0 Å². The van der Waals surface area contributed by atoms with Crippen molar-refractivity contribution in [2.24, 2.45) is 0 Å². The maximum Gasteiger partial charge on any atom is -0.000787 e. The monoisotopic (exact) mass is 646 g/mol. The van der Waals surface area contributed by atoms with Gasteiger partial charge in [0.15, 0.2) is 0 Å². The molecule has 0 unspecified atom stereocenters. The average molecular weight is 647 g/mol. The van der Waals surface area contributed by atoms with Gasteiger partial charge in [-0.2, -0.15) is 0 Å². The normalized spacial score (nSPS) is 11.8. The van der Waals surface area contributed by atoms with E-state index in [1.165, 1.54) is 99.4 Å².